The van der Waals surface area contributed by atoms with Gasteiger partial charge in [-0.2, -0.15) is 0 Å². The molecule has 0 bridgehead atoms. The highest BCUT2D eigenvalue weighted by atomic mass is 16.5. The molecule has 0 amide bonds. The molecular formula is C23H44O2. The lowest BCUT2D eigenvalue weighted by molar-refractivity contribution is -0.139. The van der Waals surface area contributed by atoms with Gasteiger partial charge in [0.25, 0.3) is 0 Å². The van der Waals surface area contributed by atoms with Crippen LogP contribution in [0.25, 0.3) is 0 Å². The molecule has 25 heavy (non-hydrogen) atoms. The molecule has 0 N–H and O–H groups in total. The fourth-order valence-electron chi connectivity index (χ4n) is 3.57. The van der Waals surface area contributed by atoms with Gasteiger partial charge in [0.15, 0.2) is 0 Å². The predicted octanol–water partition coefficient (Wildman–Crippen LogP) is 7.33. The summed E-state index contributed by atoms with van der Waals surface area (Å²) in [6.45, 7) is 13.4. The molecule has 148 valence electrons. The second-order valence-corrected chi connectivity index (χ2v) is 8.60. The van der Waals surface area contributed by atoms with Crippen molar-refractivity contribution in [1.82, 2.24) is 0 Å². The molecule has 2 nitrogen and oxygen atoms in total. The SMILES string of the molecule is CC(=O)OCC=C(C)C[C@@H](C)C[C@@H](C)CCCCCCCCC(C)C. The van der Waals surface area contributed by atoms with Crippen molar-refractivity contribution in [3.05, 3.63) is 11.6 Å². The second-order valence-electron chi connectivity index (χ2n) is 8.60. The number of ether oxygens (including phenoxy) is 1. The fourth-order valence-corrected chi connectivity index (χ4v) is 3.57. The predicted molar refractivity (Wildman–Crippen MR) is 110 cm³/mol. The third-order valence-electron chi connectivity index (χ3n) is 4.92. The first kappa shape index (κ1) is 24.2. The summed E-state index contributed by atoms with van der Waals surface area (Å²) in [6.07, 6.45) is 15.7. The number of hydrogen-bond donors (Lipinski definition) is 0. The molecule has 0 fully saturated rings. The molecule has 0 unspecified atom stereocenters. The van der Waals surface area contributed by atoms with Gasteiger partial charge in [0.1, 0.15) is 6.61 Å². The zero-order chi connectivity index (χ0) is 19.1. The van der Waals surface area contributed by atoms with Crippen LogP contribution in [-0.2, 0) is 9.53 Å². The lowest BCUT2D eigenvalue weighted by Crippen LogP contribution is -2.05. The average molecular weight is 353 g/mol. The molecule has 2 atom stereocenters. The highest BCUT2D eigenvalue weighted by Crippen LogP contribution is 2.23. The van der Waals surface area contributed by atoms with Gasteiger partial charge in [-0.3, -0.25) is 4.79 Å². The van der Waals surface area contributed by atoms with Crippen molar-refractivity contribution >= 4 is 5.97 Å². The van der Waals surface area contributed by atoms with E-state index in [0.717, 1.165) is 18.3 Å². The fraction of sp³-hybridized carbons (Fsp3) is 0.870. The minimum absolute atomic E-state index is 0.203. The number of esters is 1. The van der Waals surface area contributed by atoms with E-state index in [2.05, 4.69) is 34.6 Å². The summed E-state index contributed by atoms with van der Waals surface area (Å²) in [5.41, 5.74) is 1.34. The van der Waals surface area contributed by atoms with Gasteiger partial charge in [-0.25, -0.2) is 0 Å². The third kappa shape index (κ3) is 17.8. The normalized spacial score (nSPS) is 14.6. The summed E-state index contributed by atoms with van der Waals surface area (Å²) < 4.78 is 4.97. The summed E-state index contributed by atoms with van der Waals surface area (Å²) in [5.74, 6) is 2.19. The molecule has 0 aromatic rings. The Hall–Kier alpha value is -0.790. The van der Waals surface area contributed by atoms with E-state index >= 15 is 0 Å². The summed E-state index contributed by atoms with van der Waals surface area (Å²) >= 11 is 0. The first-order valence-corrected chi connectivity index (χ1v) is 10.6. The standard InChI is InChI=1S/C23H44O2/c1-19(2)13-11-9-7-8-10-12-14-20(3)17-22(5)18-21(4)15-16-25-23(6)24/h15,19-20,22H,7-14,16-18H2,1-6H3/t20-,22-/m0/s1. The molecule has 0 radical (unpaired) electrons. The average Bonchev–Trinajstić information content (AvgIpc) is 2.48. The monoisotopic (exact) mass is 352 g/mol. The Balaban J connectivity index is 3.63. The van der Waals surface area contributed by atoms with Crippen LogP contribution in [0.15, 0.2) is 11.6 Å². The summed E-state index contributed by atoms with van der Waals surface area (Å²) in [7, 11) is 0. The minimum atomic E-state index is -0.203. The zero-order valence-corrected chi connectivity index (χ0v) is 17.9. The highest BCUT2D eigenvalue weighted by molar-refractivity contribution is 5.66. The van der Waals surface area contributed by atoms with E-state index in [1.165, 1.54) is 70.3 Å². The lowest BCUT2D eigenvalue weighted by Gasteiger charge is -2.17. The Morgan fingerprint density at radius 2 is 1.40 bits per heavy atom. The highest BCUT2D eigenvalue weighted by Gasteiger charge is 2.09. The van der Waals surface area contributed by atoms with Gasteiger partial charge < -0.3 is 4.74 Å². The van der Waals surface area contributed by atoms with Gasteiger partial charge in [-0.05, 0) is 43.6 Å². The lowest BCUT2D eigenvalue weighted by atomic mass is 9.89. The van der Waals surface area contributed by atoms with Crippen LogP contribution in [0.3, 0.4) is 0 Å². The molecule has 0 saturated carbocycles. The molecule has 0 saturated heterocycles. The Labute approximate surface area is 157 Å². The van der Waals surface area contributed by atoms with Crippen molar-refractivity contribution in [2.24, 2.45) is 17.8 Å². The number of carbonyl (C=O) groups is 1. The molecule has 0 aromatic heterocycles. The molecule has 0 aliphatic rings. The molecule has 0 rings (SSSR count). The van der Waals surface area contributed by atoms with Gasteiger partial charge in [0.2, 0.25) is 0 Å². The molecule has 0 aromatic carbocycles. The van der Waals surface area contributed by atoms with Gasteiger partial charge >= 0.3 is 5.97 Å². The van der Waals surface area contributed by atoms with Crippen molar-refractivity contribution in [2.75, 3.05) is 6.61 Å². The Morgan fingerprint density at radius 3 is 1.96 bits per heavy atom. The van der Waals surface area contributed by atoms with E-state index in [4.69, 9.17) is 4.74 Å². The Bertz CT molecular complexity index is 357. The molecule has 0 aliphatic heterocycles. The molecular weight excluding hydrogens is 308 g/mol. The van der Waals surface area contributed by atoms with Crippen molar-refractivity contribution < 1.29 is 9.53 Å². The molecule has 0 aliphatic carbocycles. The largest absolute Gasteiger partial charge is 0.462 e. The van der Waals surface area contributed by atoms with Crippen molar-refractivity contribution in [3.8, 4) is 0 Å². The quantitative estimate of drug-likeness (QED) is 0.175. The number of unbranched alkanes of at least 4 members (excludes halogenated alkanes) is 5. The van der Waals surface area contributed by atoms with E-state index in [9.17, 15) is 4.79 Å². The number of carbonyl (C=O) groups excluding carboxylic acids is 1. The Morgan fingerprint density at radius 1 is 0.840 bits per heavy atom. The number of hydrogen-bond acceptors (Lipinski definition) is 2. The smallest absolute Gasteiger partial charge is 0.302 e. The zero-order valence-electron chi connectivity index (χ0n) is 17.9. The van der Waals surface area contributed by atoms with Crippen LogP contribution in [0.1, 0.15) is 106 Å². The van der Waals surface area contributed by atoms with E-state index in [-0.39, 0.29) is 5.97 Å². The van der Waals surface area contributed by atoms with Crippen molar-refractivity contribution in [1.29, 1.82) is 0 Å². The second kappa shape index (κ2) is 15.5. The number of allylic oxidation sites excluding steroid dienone is 1. The topological polar surface area (TPSA) is 26.3 Å². The maximum Gasteiger partial charge on any atom is 0.302 e. The summed E-state index contributed by atoms with van der Waals surface area (Å²) in [5, 5.41) is 0. The van der Waals surface area contributed by atoms with E-state index in [0.29, 0.717) is 12.5 Å². The van der Waals surface area contributed by atoms with Gasteiger partial charge in [0, 0.05) is 6.92 Å². The molecule has 2 heteroatoms. The third-order valence-corrected chi connectivity index (χ3v) is 4.92. The van der Waals surface area contributed by atoms with Crippen LogP contribution in [0.5, 0.6) is 0 Å². The van der Waals surface area contributed by atoms with E-state index in [1.54, 1.807) is 0 Å². The van der Waals surface area contributed by atoms with Gasteiger partial charge in [0.05, 0.1) is 0 Å². The number of rotatable bonds is 15. The van der Waals surface area contributed by atoms with Crippen LogP contribution in [0.4, 0.5) is 0 Å². The van der Waals surface area contributed by atoms with Gasteiger partial charge in [-0.1, -0.05) is 84.6 Å². The van der Waals surface area contributed by atoms with Crippen LogP contribution >= 0.6 is 0 Å². The van der Waals surface area contributed by atoms with Crippen molar-refractivity contribution in [3.63, 3.8) is 0 Å². The summed E-state index contributed by atoms with van der Waals surface area (Å²) in [6, 6.07) is 0. The maximum atomic E-state index is 10.8. The van der Waals surface area contributed by atoms with E-state index in [1.807, 2.05) is 6.08 Å². The van der Waals surface area contributed by atoms with Crippen LogP contribution in [0, 0.1) is 17.8 Å². The Kier molecular flexibility index (Phi) is 15.0. The van der Waals surface area contributed by atoms with Crippen LogP contribution in [0.2, 0.25) is 0 Å². The molecule has 0 heterocycles. The van der Waals surface area contributed by atoms with Crippen LogP contribution < -0.4 is 0 Å². The van der Waals surface area contributed by atoms with Crippen LogP contribution in [-0.4, -0.2) is 12.6 Å². The van der Waals surface area contributed by atoms with Gasteiger partial charge in [-0.15, -0.1) is 0 Å². The summed E-state index contributed by atoms with van der Waals surface area (Å²) in [4.78, 5) is 10.8. The van der Waals surface area contributed by atoms with E-state index < -0.39 is 0 Å². The first-order valence-electron chi connectivity index (χ1n) is 10.6. The first-order chi connectivity index (χ1) is 11.8. The minimum Gasteiger partial charge on any atom is -0.462 e. The van der Waals surface area contributed by atoms with Crippen molar-refractivity contribution in [2.45, 2.75) is 106 Å². The molecule has 0 spiro atoms. The maximum absolute atomic E-state index is 10.8.